The fourth-order valence-electron chi connectivity index (χ4n) is 1.69. The van der Waals surface area contributed by atoms with Gasteiger partial charge in [-0.1, -0.05) is 13.8 Å². The highest BCUT2D eigenvalue weighted by Gasteiger charge is 2.63. The maximum Gasteiger partial charge on any atom is 0.312 e. The van der Waals surface area contributed by atoms with E-state index in [1.807, 2.05) is 20.8 Å². The van der Waals surface area contributed by atoms with E-state index in [-0.39, 0.29) is 23.4 Å². The Kier molecular flexibility index (Phi) is 2.42. The van der Waals surface area contributed by atoms with E-state index in [1.165, 1.54) is 0 Å². The Morgan fingerprint density at radius 3 is 2.42 bits per heavy atom. The maximum absolute atomic E-state index is 11.3. The zero-order chi connectivity index (χ0) is 9.35. The summed E-state index contributed by atoms with van der Waals surface area (Å²) in [6.45, 7) is 6.29. The average molecular weight is 172 g/mol. The molecule has 2 atom stereocenters. The van der Waals surface area contributed by atoms with Gasteiger partial charge in [0.25, 0.3) is 0 Å². The molecule has 0 aliphatic heterocycles. The first-order chi connectivity index (χ1) is 5.55. The van der Waals surface area contributed by atoms with E-state index in [4.69, 9.17) is 9.47 Å². The lowest BCUT2D eigenvalue weighted by molar-refractivity contribution is -0.146. The lowest BCUT2D eigenvalue weighted by Crippen LogP contribution is -2.10. The fraction of sp³-hybridized carbons (Fsp3) is 0.889. The van der Waals surface area contributed by atoms with Gasteiger partial charge in [-0.05, 0) is 6.92 Å². The van der Waals surface area contributed by atoms with Crippen LogP contribution in [-0.2, 0) is 14.3 Å². The third-order valence-electron chi connectivity index (χ3n) is 2.52. The SMILES string of the molecule is CCOC(=O)C1C(OC)C1(C)C. The van der Waals surface area contributed by atoms with Crippen molar-refractivity contribution >= 4 is 5.97 Å². The number of carbonyl (C=O) groups excluding carboxylic acids is 1. The van der Waals surface area contributed by atoms with Crippen LogP contribution in [0.1, 0.15) is 20.8 Å². The van der Waals surface area contributed by atoms with Crippen LogP contribution in [0, 0.1) is 11.3 Å². The summed E-state index contributed by atoms with van der Waals surface area (Å²) in [4.78, 5) is 11.3. The molecule has 1 saturated carbocycles. The molecular formula is C9H16O3. The van der Waals surface area contributed by atoms with E-state index in [9.17, 15) is 4.79 Å². The van der Waals surface area contributed by atoms with Crippen molar-refractivity contribution in [2.45, 2.75) is 26.9 Å². The number of hydrogen-bond donors (Lipinski definition) is 0. The van der Waals surface area contributed by atoms with Crippen LogP contribution >= 0.6 is 0 Å². The second-order valence-corrected chi connectivity index (χ2v) is 3.71. The molecule has 1 aliphatic carbocycles. The number of methoxy groups -OCH3 is 1. The van der Waals surface area contributed by atoms with Gasteiger partial charge in [0.05, 0.1) is 18.6 Å². The van der Waals surface area contributed by atoms with Gasteiger partial charge < -0.3 is 9.47 Å². The van der Waals surface area contributed by atoms with Gasteiger partial charge in [-0.3, -0.25) is 4.79 Å². The standard InChI is InChI=1S/C9H16O3/c1-5-12-8(10)6-7(11-4)9(6,2)3/h6-7H,5H2,1-4H3. The van der Waals surface area contributed by atoms with Crippen molar-refractivity contribution in [3.63, 3.8) is 0 Å². The summed E-state index contributed by atoms with van der Waals surface area (Å²) in [5.74, 6) is -0.197. The van der Waals surface area contributed by atoms with Gasteiger partial charge in [-0.15, -0.1) is 0 Å². The van der Waals surface area contributed by atoms with Crippen LogP contribution in [0.2, 0.25) is 0 Å². The van der Waals surface area contributed by atoms with E-state index in [1.54, 1.807) is 7.11 Å². The number of ether oxygens (including phenoxy) is 2. The predicted molar refractivity (Wildman–Crippen MR) is 44.7 cm³/mol. The molecule has 1 fully saturated rings. The second kappa shape index (κ2) is 3.05. The summed E-state index contributed by atoms with van der Waals surface area (Å²) in [6, 6.07) is 0. The van der Waals surface area contributed by atoms with Gasteiger partial charge >= 0.3 is 5.97 Å². The Labute approximate surface area is 73.0 Å². The van der Waals surface area contributed by atoms with Crippen molar-refractivity contribution < 1.29 is 14.3 Å². The average Bonchev–Trinajstić information content (AvgIpc) is 2.53. The zero-order valence-electron chi connectivity index (χ0n) is 8.09. The molecule has 0 radical (unpaired) electrons. The van der Waals surface area contributed by atoms with Crippen LogP contribution in [0.4, 0.5) is 0 Å². The van der Waals surface area contributed by atoms with Gasteiger partial charge in [0, 0.05) is 12.5 Å². The molecule has 0 saturated heterocycles. The van der Waals surface area contributed by atoms with Crippen LogP contribution in [0.3, 0.4) is 0 Å². The molecule has 0 spiro atoms. The summed E-state index contributed by atoms with van der Waals surface area (Å²) >= 11 is 0. The molecule has 3 nitrogen and oxygen atoms in total. The Morgan fingerprint density at radius 2 is 2.08 bits per heavy atom. The van der Waals surface area contributed by atoms with Crippen LogP contribution in [-0.4, -0.2) is 25.8 Å². The Morgan fingerprint density at radius 1 is 1.50 bits per heavy atom. The highest BCUT2D eigenvalue weighted by atomic mass is 16.5. The van der Waals surface area contributed by atoms with Gasteiger partial charge in [0.15, 0.2) is 0 Å². The minimum atomic E-state index is -0.130. The van der Waals surface area contributed by atoms with Crippen LogP contribution in [0.5, 0.6) is 0 Å². The molecule has 12 heavy (non-hydrogen) atoms. The smallest absolute Gasteiger partial charge is 0.312 e. The summed E-state index contributed by atoms with van der Waals surface area (Å²) in [6.07, 6.45) is 0.0385. The lowest BCUT2D eigenvalue weighted by atomic mass is 10.1. The normalized spacial score (nSPS) is 31.3. The van der Waals surface area contributed by atoms with Gasteiger partial charge in [0.1, 0.15) is 0 Å². The van der Waals surface area contributed by atoms with Crippen molar-refractivity contribution in [1.29, 1.82) is 0 Å². The summed E-state index contributed by atoms with van der Waals surface area (Å²) < 4.78 is 10.1. The first kappa shape index (κ1) is 9.52. The number of esters is 1. The first-order valence-corrected chi connectivity index (χ1v) is 4.25. The molecule has 0 aromatic heterocycles. The minimum Gasteiger partial charge on any atom is -0.466 e. The number of rotatable bonds is 3. The predicted octanol–water partition coefficient (Wildman–Crippen LogP) is 1.22. The lowest BCUT2D eigenvalue weighted by Gasteiger charge is -2.00. The van der Waals surface area contributed by atoms with Crippen molar-refractivity contribution in [3.05, 3.63) is 0 Å². The topological polar surface area (TPSA) is 35.5 Å². The van der Waals surface area contributed by atoms with Gasteiger partial charge in [-0.2, -0.15) is 0 Å². The van der Waals surface area contributed by atoms with Crippen LogP contribution in [0.25, 0.3) is 0 Å². The minimum absolute atomic E-state index is 0.0385. The molecule has 0 aromatic carbocycles. The van der Waals surface area contributed by atoms with E-state index in [2.05, 4.69) is 0 Å². The summed E-state index contributed by atoms with van der Waals surface area (Å²) in [5.41, 5.74) is -0.0407. The van der Waals surface area contributed by atoms with Crippen LogP contribution in [0.15, 0.2) is 0 Å². The number of carbonyl (C=O) groups is 1. The van der Waals surface area contributed by atoms with Crippen LogP contribution < -0.4 is 0 Å². The number of hydrogen-bond acceptors (Lipinski definition) is 3. The largest absolute Gasteiger partial charge is 0.466 e. The second-order valence-electron chi connectivity index (χ2n) is 3.71. The van der Waals surface area contributed by atoms with Gasteiger partial charge in [0.2, 0.25) is 0 Å². The molecule has 0 bridgehead atoms. The third-order valence-corrected chi connectivity index (χ3v) is 2.52. The molecule has 1 aliphatic rings. The summed E-state index contributed by atoms with van der Waals surface area (Å²) in [7, 11) is 1.63. The monoisotopic (exact) mass is 172 g/mol. The molecule has 2 unspecified atom stereocenters. The molecule has 0 aromatic rings. The van der Waals surface area contributed by atoms with Crippen molar-refractivity contribution in [2.24, 2.45) is 11.3 Å². The van der Waals surface area contributed by atoms with Crippen molar-refractivity contribution in [3.8, 4) is 0 Å². The van der Waals surface area contributed by atoms with Crippen molar-refractivity contribution in [1.82, 2.24) is 0 Å². The highest BCUT2D eigenvalue weighted by molar-refractivity contribution is 5.78. The maximum atomic E-state index is 11.3. The third kappa shape index (κ3) is 1.33. The zero-order valence-corrected chi connectivity index (χ0v) is 8.09. The quantitative estimate of drug-likeness (QED) is 0.600. The molecule has 1 rings (SSSR count). The Hall–Kier alpha value is -0.570. The molecular weight excluding hydrogens is 156 g/mol. The Bertz CT molecular complexity index is 186. The molecule has 0 N–H and O–H groups in total. The molecule has 70 valence electrons. The first-order valence-electron chi connectivity index (χ1n) is 4.25. The Balaban J connectivity index is 2.51. The van der Waals surface area contributed by atoms with Gasteiger partial charge in [-0.25, -0.2) is 0 Å². The van der Waals surface area contributed by atoms with E-state index >= 15 is 0 Å². The molecule has 0 amide bonds. The molecule has 3 heteroatoms. The van der Waals surface area contributed by atoms with Crippen molar-refractivity contribution in [2.75, 3.05) is 13.7 Å². The molecule has 0 heterocycles. The van der Waals surface area contributed by atoms with E-state index in [0.29, 0.717) is 6.61 Å². The summed E-state index contributed by atoms with van der Waals surface area (Å²) in [5, 5.41) is 0. The highest BCUT2D eigenvalue weighted by Crippen LogP contribution is 2.54. The van der Waals surface area contributed by atoms with E-state index < -0.39 is 0 Å². The van der Waals surface area contributed by atoms with E-state index in [0.717, 1.165) is 0 Å². The fourth-order valence-corrected chi connectivity index (χ4v) is 1.69.